The Morgan fingerprint density at radius 3 is 2.70 bits per heavy atom. The van der Waals surface area contributed by atoms with E-state index in [1.807, 2.05) is 22.8 Å². The molecule has 27 heavy (non-hydrogen) atoms. The van der Waals surface area contributed by atoms with Crippen molar-refractivity contribution in [3.05, 3.63) is 47.8 Å². The lowest BCUT2D eigenvalue weighted by molar-refractivity contribution is 0.172. The predicted molar refractivity (Wildman–Crippen MR) is 108 cm³/mol. The first-order chi connectivity index (χ1) is 13.0. The second-order valence-electron chi connectivity index (χ2n) is 7.66. The monoisotopic (exact) mass is 389 g/mol. The number of aryl methyl sites for hydroxylation is 1. The van der Waals surface area contributed by atoms with Crippen LogP contribution in [-0.4, -0.2) is 41.7 Å². The SMILES string of the molecule is CCS(=O)(=O)c1ncc(CN2CCCC(C)C2)n1CCCc1ccccc1. The molecule has 0 radical (unpaired) electrons. The molecule has 3 rings (SSSR count). The number of benzene rings is 1. The van der Waals surface area contributed by atoms with Crippen LogP contribution < -0.4 is 0 Å². The zero-order valence-corrected chi connectivity index (χ0v) is 17.3. The summed E-state index contributed by atoms with van der Waals surface area (Å²) in [4.78, 5) is 6.75. The number of likely N-dealkylation sites (tertiary alicyclic amines) is 1. The van der Waals surface area contributed by atoms with E-state index in [2.05, 4.69) is 28.9 Å². The summed E-state index contributed by atoms with van der Waals surface area (Å²) in [5.74, 6) is 0.787. The summed E-state index contributed by atoms with van der Waals surface area (Å²) < 4.78 is 27.0. The lowest BCUT2D eigenvalue weighted by atomic mass is 10.0. The largest absolute Gasteiger partial charge is 0.318 e. The summed E-state index contributed by atoms with van der Waals surface area (Å²) in [6.45, 7) is 7.59. The van der Waals surface area contributed by atoms with Gasteiger partial charge in [0.05, 0.1) is 17.6 Å². The summed E-state index contributed by atoms with van der Waals surface area (Å²) in [5, 5.41) is 0.234. The molecular weight excluding hydrogens is 358 g/mol. The third kappa shape index (κ3) is 5.20. The first kappa shape index (κ1) is 20.1. The molecule has 6 heteroatoms. The molecule has 1 aliphatic rings. The van der Waals surface area contributed by atoms with E-state index < -0.39 is 9.84 Å². The van der Waals surface area contributed by atoms with Crippen molar-refractivity contribution in [3.63, 3.8) is 0 Å². The fourth-order valence-corrected chi connectivity index (χ4v) is 4.90. The van der Waals surface area contributed by atoms with Crippen LogP contribution in [0.4, 0.5) is 0 Å². The van der Waals surface area contributed by atoms with Crippen molar-refractivity contribution < 1.29 is 8.42 Å². The van der Waals surface area contributed by atoms with E-state index in [4.69, 9.17) is 0 Å². The highest BCUT2D eigenvalue weighted by atomic mass is 32.2. The summed E-state index contributed by atoms with van der Waals surface area (Å²) in [5.41, 5.74) is 2.30. The topological polar surface area (TPSA) is 55.2 Å². The summed E-state index contributed by atoms with van der Waals surface area (Å²) >= 11 is 0. The van der Waals surface area contributed by atoms with Crippen molar-refractivity contribution in [2.75, 3.05) is 18.8 Å². The van der Waals surface area contributed by atoms with Crippen LogP contribution in [0.5, 0.6) is 0 Å². The van der Waals surface area contributed by atoms with Gasteiger partial charge in [-0.3, -0.25) is 4.90 Å². The van der Waals surface area contributed by atoms with Gasteiger partial charge in [-0.25, -0.2) is 13.4 Å². The van der Waals surface area contributed by atoms with E-state index >= 15 is 0 Å². The Kier molecular flexibility index (Phi) is 6.71. The number of nitrogens with zero attached hydrogens (tertiary/aromatic N) is 3. The lowest BCUT2D eigenvalue weighted by Gasteiger charge is -2.31. The minimum Gasteiger partial charge on any atom is -0.318 e. The van der Waals surface area contributed by atoms with Gasteiger partial charge in [-0.05, 0) is 43.7 Å². The Bertz CT molecular complexity index is 830. The minimum absolute atomic E-state index is 0.0862. The van der Waals surface area contributed by atoms with Crippen LogP contribution in [0.1, 0.15) is 44.4 Å². The second-order valence-corrected chi connectivity index (χ2v) is 9.83. The van der Waals surface area contributed by atoms with E-state index in [0.29, 0.717) is 12.5 Å². The average molecular weight is 390 g/mol. The number of rotatable bonds is 8. The number of aromatic nitrogens is 2. The highest BCUT2D eigenvalue weighted by molar-refractivity contribution is 7.91. The molecule has 5 nitrogen and oxygen atoms in total. The van der Waals surface area contributed by atoms with E-state index in [9.17, 15) is 8.42 Å². The second kappa shape index (κ2) is 9.02. The van der Waals surface area contributed by atoms with Crippen LogP contribution in [0.2, 0.25) is 0 Å². The molecule has 0 spiro atoms. The Morgan fingerprint density at radius 1 is 1.22 bits per heavy atom. The maximum atomic E-state index is 12.5. The molecule has 1 aromatic carbocycles. The van der Waals surface area contributed by atoms with Crippen LogP contribution in [0, 0.1) is 5.92 Å². The van der Waals surface area contributed by atoms with Gasteiger partial charge in [0.1, 0.15) is 0 Å². The maximum absolute atomic E-state index is 12.5. The highest BCUT2D eigenvalue weighted by Crippen LogP contribution is 2.21. The van der Waals surface area contributed by atoms with Crippen molar-refractivity contribution in [3.8, 4) is 0 Å². The minimum atomic E-state index is -3.32. The van der Waals surface area contributed by atoms with Crippen LogP contribution in [-0.2, 0) is 29.3 Å². The molecule has 2 aromatic rings. The quantitative estimate of drug-likeness (QED) is 0.693. The molecule has 0 saturated carbocycles. The molecule has 1 unspecified atom stereocenters. The van der Waals surface area contributed by atoms with Gasteiger partial charge in [-0.15, -0.1) is 0 Å². The van der Waals surface area contributed by atoms with Gasteiger partial charge < -0.3 is 4.57 Å². The standard InChI is InChI=1S/C21H31N3O2S/c1-3-27(25,26)21-22-15-20(17-23-13-7-9-18(2)16-23)24(21)14-8-12-19-10-5-4-6-11-19/h4-6,10-11,15,18H,3,7-9,12-14,16-17H2,1-2H3. The molecule has 0 aliphatic carbocycles. The molecule has 0 amide bonds. The van der Waals surface area contributed by atoms with Gasteiger partial charge in [0.15, 0.2) is 0 Å². The fraction of sp³-hybridized carbons (Fsp3) is 0.571. The number of sulfone groups is 1. The van der Waals surface area contributed by atoms with Gasteiger partial charge in [-0.2, -0.15) is 0 Å². The third-order valence-corrected chi connectivity index (χ3v) is 7.02. The molecule has 0 bridgehead atoms. The zero-order valence-electron chi connectivity index (χ0n) is 16.5. The Hall–Kier alpha value is -1.66. The van der Waals surface area contributed by atoms with Gasteiger partial charge in [0, 0.05) is 19.6 Å². The maximum Gasteiger partial charge on any atom is 0.227 e. The molecule has 148 valence electrons. The molecule has 1 fully saturated rings. The smallest absolute Gasteiger partial charge is 0.227 e. The summed E-state index contributed by atoms with van der Waals surface area (Å²) in [7, 11) is -3.32. The highest BCUT2D eigenvalue weighted by Gasteiger charge is 2.23. The molecule has 1 saturated heterocycles. The van der Waals surface area contributed by atoms with Crippen molar-refractivity contribution in [2.24, 2.45) is 5.92 Å². The van der Waals surface area contributed by atoms with Crippen molar-refractivity contribution in [2.45, 2.75) is 57.8 Å². The fourth-order valence-electron chi connectivity index (χ4n) is 3.88. The normalized spacial score (nSPS) is 18.7. The molecule has 0 N–H and O–H groups in total. The Morgan fingerprint density at radius 2 is 2.00 bits per heavy atom. The van der Waals surface area contributed by atoms with Crippen molar-refractivity contribution in [1.82, 2.24) is 14.5 Å². The molecule has 2 heterocycles. The van der Waals surface area contributed by atoms with E-state index in [1.54, 1.807) is 13.1 Å². The molecule has 1 atom stereocenters. The van der Waals surface area contributed by atoms with Crippen LogP contribution >= 0.6 is 0 Å². The van der Waals surface area contributed by atoms with Gasteiger partial charge in [-0.1, -0.05) is 44.2 Å². The molecular formula is C21H31N3O2S. The van der Waals surface area contributed by atoms with Crippen LogP contribution in [0.3, 0.4) is 0 Å². The first-order valence-corrected chi connectivity index (χ1v) is 11.7. The van der Waals surface area contributed by atoms with Crippen LogP contribution in [0.15, 0.2) is 41.7 Å². The number of piperidine rings is 1. The number of hydrogen-bond donors (Lipinski definition) is 0. The van der Waals surface area contributed by atoms with Crippen LogP contribution in [0.25, 0.3) is 0 Å². The van der Waals surface area contributed by atoms with Gasteiger partial charge >= 0.3 is 0 Å². The Balaban J connectivity index is 1.76. The molecule has 1 aliphatic heterocycles. The zero-order chi connectivity index (χ0) is 19.3. The van der Waals surface area contributed by atoms with Gasteiger partial charge in [0.25, 0.3) is 0 Å². The summed E-state index contributed by atoms with van der Waals surface area (Å²) in [6.07, 6.45) is 6.09. The van der Waals surface area contributed by atoms with E-state index in [-0.39, 0.29) is 10.9 Å². The third-order valence-electron chi connectivity index (χ3n) is 5.38. The Labute approximate surface area is 163 Å². The number of hydrogen-bond acceptors (Lipinski definition) is 4. The van der Waals surface area contributed by atoms with Crippen molar-refractivity contribution >= 4 is 9.84 Å². The van der Waals surface area contributed by atoms with Crippen molar-refractivity contribution in [1.29, 1.82) is 0 Å². The first-order valence-electron chi connectivity index (χ1n) is 10.0. The average Bonchev–Trinajstić information content (AvgIpc) is 3.06. The lowest BCUT2D eigenvalue weighted by Crippen LogP contribution is -2.34. The summed E-state index contributed by atoms with van der Waals surface area (Å²) in [6, 6.07) is 10.3. The van der Waals surface area contributed by atoms with E-state index in [0.717, 1.165) is 38.2 Å². The van der Waals surface area contributed by atoms with E-state index in [1.165, 1.54) is 18.4 Å². The predicted octanol–water partition coefficient (Wildman–Crippen LogP) is 3.54. The number of imidazole rings is 1. The molecule has 1 aromatic heterocycles. The van der Waals surface area contributed by atoms with Gasteiger partial charge in [0.2, 0.25) is 15.0 Å².